The van der Waals surface area contributed by atoms with Gasteiger partial charge in [0.2, 0.25) is 0 Å². The maximum atomic E-state index is 13.3. The van der Waals surface area contributed by atoms with Crippen molar-refractivity contribution < 1.29 is 14.7 Å². The Kier molecular flexibility index (Phi) is 7.42. The van der Waals surface area contributed by atoms with E-state index in [-0.39, 0.29) is 23.8 Å². The standard InChI is InChI=1S/C28H31ClN2O3/c1-3-18(2)31-21(11-7-10-19-8-5-4-6-9-19)13-15-26(31)27(32)30-25-16-20(12-14-24(25)29)22-17-23(22)28(33)34/h4-6,8-9,12-16,18,22-23H,3,7,10-11,17H2,1-2H3,(H,30,32)(H,33,34)/t18?,22-,23-/m1/s1. The van der Waals surface area contributed by atoms with Crippen molar-refractivity contribution in [1.29, 1.82) is 0 Å². The number of anilines is 1. The van der Waals surface area contributed by atoms with E-state index in [4.69, 9.17) is 11.6 Å². The van der Waals surface area contributed by atoms with Crippen molar-refractivity contribution in [2.45, 2.75) is 57.9 Å². The molecule has 0 radical (unpaired) electrons. The van der Waals surface area contributed by atoms with Gasteiger partial charge in [-0.1, -0.05) is 54.9 Å². The zero-order chi connectivity index (χ0) is 24.2. The summed E-state index contributed by atoms with van der Waals surface area (Å²) in [5.74, 6) is -1.37. The van der Waals surface area contributed by atoms with Crippen LogP contribution >= 0.6 is 11.6 Å². The van der Waals surface area contributed by atoms with E-state index in [0.29, 0.717) is 22.8 Å². The van der Waals surface area contributed by atoms with Gasteiger partial charge in [0.25, 0.3) is 5.91 Å². The van der Waals surface area contributed by atoms with Crippen molar-refractivity contribution in [3.05, 3.63) is 88.2 Å². The number of hydrogen-bond donors (Lipinski definition) is 2. The average Bonchev–Trinajstić information content (AvgIpc) is 3.54. The second-order valence-electron chi connectivity index (χ2n) is 9.16. The Morgan fingerprint density at radius 3 is 2.56 bits per heavy atom. The first-order valence-corrected chi connectivity index (χ1v) is 12.3. The summed E-state index contributed by atoms with van der Waals surface area (Å²) in [6, 6.07) is 19.9. The Morgan fingerprint density at radius 1 is 1.12 bits per heavy atom. The Bertz CT molecular complexity index is 1170. The van der Waals surface area contributed by atoms with Crippen molar-refractivity contribution in [3.63, 3.8) is 0 Å². The van der Waals surface area contributed by atoms with Crippen LogP contribution in [-0.2, 0) is 17.6 Å². The van der Waals surface area contributed by atoms with Crippen LogP contribution in [0.1, 0.15) is 72.4 Å². The Hall–Kier alpha value is -3.05. The monoisotopic (exact) mass is 478 g/mol. The number of nitrogens with zero attached hydrogens (tertiary/aromatic N) is 1. The molecule has 1 unspecified atom stereocenters. The third-order valence-electron chi connectivity index (χ3n) is 6.78. The molecule has 1 aliphatic rings. The average molecular weight is 479 g/mol. The molecule has 1 aromatic heterocycles. The second-order valence-corrected chi connectivity index (χ2v) is 9.56. The van der Waals surface area contributed by atoms with Crippen LogP contribution in [0.25, 0.3) is 0 Å². The molecule has 2 aromatic carbocycles. The smallest absolute Gasteiger partial charge is 0.307 e. The van der Waals surface area contributed by atoms with Crippen molar-refractivity contribution in [3.8, 4) is 0 Å². The van der Waals surface area contributed by atoms with Crippen LogP contribution in [-0.4, -0.2) is 21.6 Å². The first-order chi connectivity index (χ1) is 16.4. The number of carbonyl (C=O) groups is 2. The molecule has 4 rings (SSSR count). The van der Waals surface area contributed by atoms with Crippen LogP contribution in [0.15, 0.2) is 60.7 Å². The van der Waals surface area contributed by atoms with Crippen LogP contribution in [0.3, 0.4) is 0 Å². The minimum absolute atomic E-state index is 0.0226. The van der Waals surface area contributed by atoms with Gasteiger partial charge in [0, 0.05) is 11.7 Å². The van der Waals surface area contributed by atoms with Crippen LogP contribution < -0.4 is 5.32 Å². The lowest BCUT2D eigenvalue weighted by atomic mass is 10.1. The molecule has 0 spiro atoms. The van der Waals surface area contributed by atoms with Gasteiger partial charge in [-0.25, -0.2) is 0 Å². The number of aromatic nitrogens is 1. The molecule has 3 aromatic rings. The topological polar surface area (TPSA) is 71.3 Å². The fourth-order valence-electron chi connectivity index (χ4n) is 4.59. The summed E-state index contributed by atoms with van der Waals surface area (Å²) in [6.07, 6.45) is 4.42. The van der Waals surface area contributed by atoms with Gasteiger partial charge >= 0.3 is 5.97 Å². The fourth-order valence-corrected chi connectivity index (χ4v) is 4.76. The number of rotatable bonds is 10. The van der Waals surface area contributed by atoms with E-state index >= 15 is 0 Å². The third kappa shape index (κ3) is 5.36. The Labute approximate surface area is 205 Å². The lowest BCUT2D eigenvalue weighted by molar-refractivity contribution is -0.138. The van der Waals surface area contributed by atoms with Crippen LogP contribution in [0.5, 0.6) is 0 Å². The summed E-state index contributed by atoms with van der Waals surface area (Å²) >= 11 is 6.38. The Morgan fingerprint density at radius 2 is 1.88 bits per heavy atom. The number of aryl methyl sites for hydroxylation is 2. The first-order valence-electron chi connectivity index (χ1n) is 12.0. The summed E-state index contributed by atoms with van der Waals surface area (Å²) in [5, 5.41) is 12.6. The number of carboxylic acids is 1. The predicted octanol–water partition coefficient (Wildman–Crippen LogP) is 6.73. The minimum Gasteiger partial charge on any atom is -0.481 e. The highest BCUT2D eigenvalue weighted by atomic mass is 35.5. The molecule has 2 N–H and O–H groups in total. The molecule has 1 fully saturated rings. The fraction of sp³-hybridized carbons (Fsp3) is 0.357. The van der Waals surface area contributed by atoms with E-state index in [1.54, 1.807) is 6.07 Å². The van der Waals surface area contributed by atoms with Gasteiger partial charge < -0.3 is 15.0 Å². The largest absolute Gasteiger partial charge is 0.481 e. The molecule has 0 bridgehead atoms. The summed E-state index contributed by atoms with van der Waals surface area (Å²) in [4.78, 5) is 24.5. The molecule has 0 saturated heterocycles. The maximum absolute atomic E-state index is 13.3. The molecule has 0 aliphatic heterocycles. The van der Waals surface area contributed by atoms with E-state index < -0.39 is 5.97 Å². The highest BCUT2D eigenvalue weighted by molar-refractivity contribution is 6.34. The summed E-state index contributed by atoms with van der Waals surface area (Å²) in [5.41, 5.74) is 4.49. The predicted molar refractivity (Wildman–Crippen MR) is 136 cm³/mol. The van der Waals surface area contributed by atoms with Crippen LogP contribution in [0.4, 0.5) is 5.69 Å². The van der Waals surface area contributed by atoms with Crippen LogP contribution in [0.2, 0.25) is 5.02 Å². The molecule has 1 heterocycles. The normalized spacial score (nSPS) is 17.9. The van der Waals surface area contributed by atoms with E-state index in [1.165, 1.54) is 5.56 Å². The zero-order valence-corrected chi connectivity index (χ0v) is 20.4. The number of hydrogen-bond acceptors (Lipinski definition) is 2. The molecule has 178 valence electrons. The van der Waals surface area contributed by atoms with Crippen molar-refractivity contribution in [2.24, 2.45) is 5.92 Å². The van der Waals surface area contributed by atoms with Gasteiger partial charge in [-0.15, -0.1) is 0 Å². The van der Waals surface area contributed by atoms with Gasteiger partial charge in [-0.2, -0.15) is 0 Å². The maximum Gasteiger partial charge on any atom is 0.307 e. The summed E-state index contributed by atoms with van der Waals surface area (Å²) in [6.45, 7) is 4.25. The zero-order valence-electron chi connectivity index (χ0n) is 19.6. The second kappa shape index (κ2) is 10.5. The van der Waals surface area contributed by atoms with Gasteiger partial charge in [0.05, 0.1) is 16.6 Å². The van der Waals surface area contributed by atoms with Crippen molar-refractivity contribution in [1.82, 2.24) is 4.57 Å². The molecule has 1 aliphatic carbocycles. The highest BCUT2D eigenvalue weighted by Gasteiger charge is 2.44. The molecular formula is C28H31ClN2O3. The quantitative estimate of drug-likeness (QED) is 0.339. The van der Waals surface area contributed by atoms with Gasteiger partial charge in [0.15, 0.2) is 0 Å². The van der Waals surface area contributed by atoms with Crippen molar-refractivity contribution >= 4 is 29.2 Å². The van der Waals surface area contributed by atoms with Gasteiger partial charge in [-0.3, -0.25) is 9.59 Å². The summed E-state index contributed by atoms with van der Waals surface area (Å²) < 4.78 is 2.14. The number of aliphatic carboxylic acids is 1. The molecule has 1 amide bonds. The highest BCUT2D eigenvalue weighted by Crippen LogP contribution is 2.48. The SMILES string of the molecule is CCC(C)n1c(CCCc2ccccc2)ccc1C(=O)Nc1cc([C@H]2C[C@H]2C(=O)O)ccc1Cl. The molecule has 1 saturated carbocycles. The number of carboxylic acid groups (broad SMARTS) is 1. The minimum atomic E-state index is -0.781. The number of nitrogens with one attached hydrogen (secondary N) is 1. The van der Waals surface area contributed by atoms with E-state index in [9.17, 15) is 14.7 Å². The van der Waals surface area contributed by atoms with Gasteiger partial charge in [-0.05, 0) is 80.3 Å². The Balaban J connectivity index is 1.50. The van der Waals surface area contributed by atoms with Crippen molar-refractivity contribution in [2.75, 3.05) is 5.32 Å². The molecule has 34 heavy (non-hydrogen) atoms. The number of halogens is 1. The first kappa shape index (κ1) is 24.1. The van der Waals surface area contributed by atoms with Gasteiger partial charge in [0.1, 0.15) is 5.69 Å². The van der Waals surface area contributed by atoms with E-state index in [0.717, 1.165) is 36.9 Å². The molecule has 3 atom stereocenters. The molecule has 6 heteroatoms. The third-order valence-corrected chi connectivity index (χ3v) is 7.11. The lowest BCUT2D eigenvalue weighted by Gasteiger charge is -2.20. The summed E-state index contributed by atoms with van der Waals surface area (Å²) in [7, 11) is 0. The van der Waals surface area contributed by atoms with Crippen LogP contribution in [0, 0.1) is 5.92 Å². The molecule has 5 nitrogen and oxygen atoms in total. The number of carbonyl (C=O) groups excluding carboxylic acids is 1. The number of amides is 1. The molecular weight excluding hydrogens is 448 g/mol. The lowest BCUT2D eigenvalue weighted by Crippen LogP contribution is -2.20. The van der Waals surface area contributed by atoms with E-state index in [1.807, 2.05) is 30.3 Å². The van der Waals surface area contributed by atoms with E-state index in [2.05, 4.69) is 48.0 Å². The number of benzene rings is 2.